The van der Waals surface area contributed by atoms with Crippen LogP contribution in [0.4, 0.5) is 11.6 Å². The zero-order chi connectivity index (χ0) is 15.3. The summed E-state index contributed by atoms with van der Waals surface area (Å²) in [6.07, 6.45) is 0.462. The number of rotatable bonds is 6. The number of nitrogen functional groups attached to an aromatic ring is 1. The average molecular weight is 276 g/mol. The Hall–Kier alpha value is -1.87. The fourth-order valence-corrected chi connectivity index (χ4v) is 1.98. The summed E-state index contributed by atoms with van der Waals surface area (Å²) >= 11 is 0. The van der Waals surface area contributed by atoms with Gasteiger partial charge < -0.3 is 10.3 Å². The molecule has 6 heteroatoms. The van der Waals surface area contributed by atoms with Crippen LogP contribution in [0.15, 0.2) is 0 Å². The highest BCUT2D eigenvalue weighted by Gasteiger charge is 2.19. The zero-order valence-corrected chi connectivity index (χ0v) is 12.9. The Balaban J connectivity index is 3.32. The Morgan fingerprint density at radius 2 is 1.95 bits per heavy atom. The Morgan fingerprint density at radius 1 is 1.30 bits per heavy atom. The summed E-state index contributed by atoms with van der Waals surface area (Å²) in [6, 6.07) is 2.44. The van der Waals surface area contributed by atoms with Crippen LogP contribution in [0.2, 0.25) is 0 Å². The molecule has 0 unspecified atom stereocenters. The Bertz CT molecular complexity index is 489. The minimum Gasteiger partial charge on any atom is -0.353 e. The molecule has 1 rings (SSSR count). The third-order valence-corrected chi connectivity index (χ3v) is 3.15. The van der Waals surface area contributed by atoms with Gasteiger partial charge in [-0.2, -0.15) is 5.26 Å². The van der Waals surface area contributed by atoms with Crippen LogP contribution in [-0.2, 0) is 0 Å². The first-order valence-corrected chi connectivity index (χ1v) is 6.91. The lowest BCUT2D eigenvalue weighted by atomic mass is 10.1. The molecule has 3 N–H and O–H groups in total. The van der Waals surface area contributed by atoms with Gasteiger partial charge in [0, 0.05) is 24.1 Å². The van der Waals surface area contributed by atoms with E-state index in [-0.39, 0.29) is 12.0 Å². The maximum absolute atomic E-state index is 8.81. The molecule has 0 amide bonds. The van der Waals surface area contributed by atoms with Crippen molar-refractivity contribution >= 4 is 11.6 Å². The number of aromatic nitrogens is 2. The van der Waals surface area contributed by atoms with Crippen molar-refractivity contribution in [2.75, 3.05) is 16.9 Å². The van der Waals surface area contributed by atoms with Crippen molar-refractivity contribution in [3.8, 4) is 6.07 Å². The second-order valence-electron chi connectivity index (χ2n) is 5.37. The van der Waals surface area contributed by atoms with Crippen LogP contribution in [0.5, 0.6) is 0 Å². The molecular weight excluding hydrogens is 252 g/mol. The molecule has 0 aliphatic heterocycles. The van der Waals surface area contributed by atoms with Crippen molar-refractivity contribution in [3.63, 3.8) is 0 Å². The summed E-state index contributed by atoms with van der Waals surface area (Å²) in [5, 5.41) is 8.81. The van der Waals surface area contributed by atoms with E-state index in [1.54, 1.807) is 0 Å². The van der Waals surface area contributed by atoms with E-state index in [1.807, 2.05) is 20.8 Å². The Labute approximate surface area is 121 Å². The standard InChI is InChI=1S/C14H24N6/c1-9(2)12-17-13(19-16)11(5)14(18-12)20(10(3)4)8-6-7-15/h9-10H,6,8,16H2,1-5H3,(H,17,18,19). The number of nitrogens with one attached hydrogen (secondary N) is 1. The monoisotopic (exact) mass is 276 g/mol. The van der Waals surface area contributed by atoms with E-state index < -0.39 is 0 Å². The van der Waals surface area contributed by atoms with E-state index in [0.717, 1.165) is 17.2 Å². The molecule has 0 aliphatic carbocycles. The molecule has 0 spiro atoms. The number of hydrogen-bond donors (Lipinski definition) is 2. The minimum absolute atomic E-state index is 0.214. The van der Waals surface area contributed by atoms with Crippen LogP contribution in [0.25, 0.3) is 0 Å². The van der Waals surface area contributed by atoms with E-state index in [0.29, 0.717) is 18.8 Å². The SMILES string of the molecule is Cc1c(NN)nc(C(C)C)nc1N(CCC#N)C(C)C. The smallest absolute Gasteiger partial charge is 0.148 e. The largest absolute Gasteiger partial charge is 0.353 e. The summed E-state index contributed by atoms with van der Waals surface area (Å²) in [6.45, 7) is 10.9. The molecule has 110 valence electrons. The summed E-state index contributed by atoms with van der Waals surface area (Å²) in [5.74, 6) is 8.01. The average Bonchev–Trinajstić information content (AvgIpc) is 2.40. The van der Waals surface area contributed by atoms with Crippen LogP contribution in [0.3, 0.4) is 0 Å². The first-order valence-electron chi connectivity index (χ1n) is 6.91. The van der Waals surface area contributed by atoms with E-state index in [4.69, 9.17) is 11.1 Å². The molecule has 20 heavy (non-hydrogen) atoms. The van der Waals surface area contributed by atoms with Gasteiger partial charge in [-0.3, -0.25) is 0 Å². The molecule has 0 saturated heterocycles. The lowest BCUT2D eigenvalue weighted by Gasteiger charge is -2.29. The fraction of sp³-hybridized carbons (Fsp3) is 0.643. The molecule has 1 aromatic heterocycles. The second kappa shape index (κ2) is 7.06. The lowest BCUT2D eigenvalue weighted by Crippen LogP contribution is -2.34. The quantitative estimate of drug-likeness (QED) is 0.612. The fourth-order valence-electron chi connectivity index (χ4n) is 1.98. The van der Waals surface area contributed by atoms with Crippen LogP contribution in [-0.4, -0.2) is 22.6 Å². The van der Waals surface area contributed by atoms with Gasteiger partial charge in [-0.05, 0) is 20.8 Å². The highest BCUT2D eigenvalue weighted by molar-refractivity contribution is 5.58. The zero-order valence-electron chi connectivity index (χ0n) is 12.9. The summed E-state index contributed by atoms with van der Waals surface area (Å²) in [4.78, 5) is 11.2. The Morgan fingerprint density at radius 3 is 2.40 bits per heavy atom. The predicted octanol–water partition coefficient (Wildman–Crippen LogP) is 2.32. The Kier molecular flexibility index (Phi) is 5.71. The van der Waals surface area contributed by atoms with Gasteiger partial charge in [0.2, 0.25) is 0 Å². The van der Waals surface area contributed by atoms with Crippen LogP contribution < -0.4 is 16.2 Å². The number of hydrazine groups is 1. The van der Waals surface area contributed by atoms with E-state index in [1.165, 1.54) is 0 Å². The van der Waals surface area contributed by atoms with E-state index in [2.05, 4.69) is 40.2 Å². The van der Waals surface area contributed by atoms with Crippen LogP contribution in [0, 0.1) is 18.3 Å². The number of anilines is 2. The maximum Gasteiger partial charge on any atom is 0.148 e. The van der Waals surface area contributed by atoms with Crippen LogP contribution >= 0.6 is 0 Å². The lowest BCUT2D eigenvalue weighted by molar-refractivity contribution is 0.663. The molecule has 1 heterocycles. The van der Waals surface area contributed by atoms with E-state index in [9.17, 15) is 0 Å². The normalized spacial score (nSPS) is 10.8. The van der Waals surface area contributed by atoms with Gasteiger partial charge in [-0.25, -0.2) is 15.8 Å². The first kappa shape index (κ1) is 16.2. The van der Waals surface area contributed by atoms with Gasteiger partial charge in [0.15, 0.2) is 0 Å². The molecule has 0 atom stereocenters. The highest BCUT2D eigenvalue weighted by Crippen LogP contribution is 2.27. The summed E-state index contributed by atoms with van der Waals surface area (Å²) in [5.41, 5.74) is 3.54. The van der Waals surface area contributed by atoms with Crippen molar-refractivity contribution < 1.29 is 0 Å². The molecule has 0 saturated carbocycles. The van der Waals surface area contributed by atoms with Crippen molar-refractivity contribution in [3.05, 3.63) is 11.4 Å². The van der Waals surface area contributed by atoms with Crippen molar-refractivity contribution in [1.29, 1.82) is 5.26 Å². The molecular formula is C14H24N6. The topological polar surface area (TPSA) is 90.9 Å². The first-order chi connectivity index (χ1) is 9.42. The molecule has 0 aromatic carbocycles. The molecule has 1 aromatic rings. The highest BCUT2D eigenvalue weighted by atomic mass is 15.3. The number of nitrogens with zero attached hydrogens (tertiary/aromatic N) is 4. The van der Waals surface area contributed by atoms with Gasteiger partial charge in [0.1, 0.15) is 17.5 Å². The molecule has 0 fully saturated rings. The maximum atomic E-state index is 8.81. The molecule has 0 radical (unpaired) electrons. The minimum atomic E-state index is 0.214. The second-order valence-corrected chi connectivity index (χ2v) is 5.37. The van der Waals surface area contributed by atoms with Gasteiger partial charge >= 0.3 is 0 Å². The van der Waals surface area contributed by atoms with Crippen molar-refractivity contribution in [2.45, 2.75) is 53.0 Å². The van der Waals surface area contributed by atoms with E-state index >= 15 is 0 Å². The summed E-state index contributed by atoms with van der Waals surface area (Å²) in [7, 11) is 0. The van der Waals surface area contributed by atoms with Crippen LogP contribution in [0.1, 0.15) is 51.4 Å². The molecule has 6 nitrogen and oxygen atoms in total. The van der Waals surface area contributed by atoms with Gasteiger partial charge in [-0.1, -0.05) is 13.8 Å². The molecule has 0 aliphatic rings. The predicted molar refractivity (Wildman–Crippen MR) is 81.4 cm³/mol. The third kappa shape index (κ3) is 3.58. The number of nitrogens with two attached hydrogens (primary N) is 1. The third-order valence-electron chi connectivity index (χ3n) is 3.15. The molecule has 0 bridgehead atoms. The number of nitriles is 1. The van der Waals surface area contributed by atoms with Gasteiger partial charge in [0.25, 0.3) is 0 Å². The summed E-state index contributed by atoms with van der Waals surface area (Å²) < 4.78 is 0. The van der Waals surface area contributed by atoms with Gasteiger partial charge in [-0.15, -0.1) is 0 Å². The number of hydrogen-bond acceptors (Lipinski definition) is 6. The van der Waals surface area contributed by atoms with Crippen molar-refractivity contribution in [1.82, 2.24) is 9.97 Å². The van der Waals surface area contributed by atoms with Crippen molar-refractivity contribution in [2.24, 2.45) is 5.84 Å². The van der Waals surface area contributed by atoms with Gasteiger partial charge in [0.05, 0.1) is 12.5 Å².